The van der Waals surface area contributed by atoms with Crippen molar-refractivity contribution >= 4 is 5.84 Å². The van der Waals surface area contributed by atoms with Crippen molar-refractivity contribution < 1.29 is 15.1 Å². The van der Waals surface area contributed by atoms with Gasteiger partial charge in [0, 0.05) is 0 Å². The van der Waals surface area contributed by atoms with E-state index in [1.807, 2.05) is 0 Å². The van der Waals surface area contributed by atoms with Crippen LogP contribution in [0.4, 0.5) is 0 Å². The Morgan fingerprint density at radius 1 is 1.26 bits per heavy atom. The van der Waals surface area contributed by atoms with Crippen LogP contribution in [0, 0.1) is 0 Å². The summed E-state index contributed by atoms with van der Waals surface area (Å²) >= 11 is 0. The molecule has 0 aliphatic heterocycles. The zero-order valence-corrected chi connectivity index (χ0v) is 9.89. The summed E-state index contributed by atoms with van der Waals surface area (Å²) in [6.07, 6.45) is 1.41. The largest absolute Gasteiger partial charge is 0.437 e. The van der Waals surface area contributed by atoms with Crippen molar-refractivity contribution in [1.29, 1.82) is 0 Å². The summed E-state index contributed by atoms with van der Waals surface area (Å²) in [7, 11) is 0. The molecule has 98 valence electrons. The molecular formula is C12H12N4O3. The lowest BCUT2D eigenvalue weighted by molar-refractivity contribution is 0.281. The van der Waals surface area contributed by atoms with Crippen LogP contribution < -0.4 is 10.5 Å². The number of oxime groups is 1. The first kappa shape index (κ1) is 12.8. The molecule has 0 bridgehead atoms. The molecule has 0 amide bonds. The van der Waals surface area contributed by atoms with Gasteiger partial charge in [0.2, 0.25) is 5.88 Å². The van der Waals surface area contributed by atoms with Crippen molar-refractivity contribution in [3.63, 3.8) is 0 Å². The van der Waals surface area contributed by atoms with Gasteiger partial charge in [-0.2, -0.15) is 5.10 Å². The lowest BCUT2D eigenvalue weighted by Crippen LogP contribution is -2.15. The van der Waals surface area contributed by atoms with Gasteiger partial charge in [-0.1, -0.05) is 17.3 Å². The molecule has 1 aromatic carbocycles. The second-order valence-electron chi connectivity index (χ2n) is 3.64. The molecule has 0 fully saturated rings. The summed E-state index contributed by atoms with van der Waals surface area (Å²) < 4.78 is 5.50. The Kier molecular flexibility index (Phi) is 3.89. The zero-order chi connectivity index (χ0) is 13.7. The van der Waals surface area contributed by atoms with Crippen LogP contribution in [-0.4, -0.2) is 26.3 Å². The van der Waals surface area contributed by atoms with Gasteiger partial charge in [0.25, 0.3) is 0 Å². The van der Waals surface area contributed by atoms with E-state index in [1.54, 1.807) is 24.3 Å². The van der Waals surface area contributed by atoms with Gasteiger partial charge in [-0.05, 0) is 23.8 Å². The Morgan fingerprint density at radius 2 is 2.00 bits per heavy atom. The van der Waals surface area contributed by atoms with Crippen molar-refractivity contribution in [2.45, 2.75) is 6.61 Å². The fourth-order valence-electron chi connectivity index (χ4n) is 1.42. The average Bonchev–Trinajstić information content (AvgIpc) is 2.48. The predicted octanol–water partition coefficient (Wildman–Crippen LogP) is 0.856. The number of hydrogen-bond acceptors (Lipinski definition) is 6. The highest BCUT2D eigenvalue weighted by Crippen LogP contribution is 2.22. The minimum absolute atomic E-state index is 0.0409. The molecule has 19 heavy (non-hydrogen) atoms. The van der Waals surface area contributed by atoms with E-state index in [0.29, 0.717) is 11.3 Å². The third-order valence-electron chi connectivity index (χ3n) is 2.39. The zero-order valence-electron chi connectivity index (χ0n) is 9.89. The third-order valence-corrected chi connectivity index (χ3v) is 2.39. The van der Waals surface area contributed by atoms with Crippen LogP contribution in [0.15, 0.2) is 41.7 Å². The molecule has 1 heterocycles. The second-order valence-corrected chi connectivity index (χ2v) is 3.64. The van der Waals surface area contributed by atoms with Gasteiger partial charge in [0.15, 0.2) is 5.84 Å². The summed E-state index contributed by atoms with van der Waals surface area (Å²) in [6.45, 7) is -0.0409. The first-order valence-electron chi connectivity index (χ1n) is 5.42. The third kappa shape index (κ3) is 2.96. The maximum Gasteiger partial charge on any atom is 0.250 e. The Balaban J connectivity index is 2.27. The lowest BCUT2D eigenvalue weighted by Gasteiger charge is -2.08. The lowest BCUT2D eigenvalue weighted by atomic mass is 10.2. The SMILES string of the molecule is N/C(=N/O)c1ccnnc1Oc1ccc(CO)cc1. The van der Waals surface area contributed by atoms with Crippen molar-refractivity contribution in [3.8, 4) is 11.6 Å². The summed E-state index contributed by atoms with van der Waals surface area (Å²) in [6, 6.07) is 8.32. The molecule has 0 spiro atoms. The number of amidine groups is 1. The van der Waals surface area contributed by atoms with Crippen LogP contribution in [0.3, 0.4) is 0 Å². The topological polar surface area (TPSA) is 114 Å². The van der Waals surface area contributed by atoms with E-state index in [9.17, 15) is 0 Å². The Bertz CT molecular complexity index is 584. The first-order valence-corrected chi connectivity index (χ1v) is 5.42. The Morgan fingerprint density at radius 3 is 2.63 bits per heavy atom. The van der Waals surface area contributed by atoms with E-state index in [1.165, 1.54) is 12.3 Å². The van der Waals surface area contributed by atoms with Crippen LogP contribution in [-0.2, 0) is 6.61 Å². The van der Waals surface area contributed by atoms with E-state index in [4.69, 9.17) is 20.8 Å². The van der Waals surface area contributed by atoms with Gasteiger partial charge in [0.05, 0.1) is 18.4 Å². The average molecular weight is 260 g/mol. The normalized spacial score (nSPS) is 11.3. The first-order chi connectivity index (χ1) is 9.24. The van der Waals surface area contributed by atoms with Gasteiger partial charge in [-0.25, -0.2) is 0 Å². The van der Waals surface area contributed by atoms with Crippen molar-refractivity contribution in [2.75, 3.05) is 0 Å². The maximum atomic E-state index is 8.94. The molecule has 0 atom stereocenters. The van der Waals surface area contributed by atoms with Crippen LogP contribution in [0.25, 0.3) is 0 Å². The van der Waals surface area contributed by atoms with E-state index in [2.05, 4.69) is 15.4 Å². The minimum Gasteiger partial charge on any atom is -0.437 e. The molecule has 4 N–H and O–H groups in total. The maximum absolute atomic E-state index is 8.94. The molecule has 0 aliphatic carbocycles. The standard InChI is InChI=1S/C12H12N4O3/c13-11(16-18)10-5-6-14-15-12(10)19-9-3-1-8(7-17)2-4-9/h1-6,17-18H,7H2,(H2,13,16). The highest BCUT2D eigenvalue weighted by atomic mass is 16.5. The minimum atomic E-state index is -0.114. The molecule has 0 saturated carbocycles. The van der Waals surface area contributed by atoms with Crippen molar-refractivity contribution in [1.82, 2.24) is 10.2 Å². The number of nitrogens with two attached hydrogens (primary N) is 1. The van der Waals surface area contributed by atoms with Gasteiger partial charge < -0.3 is 20.8 Å². The number of nitrogens with zero attached hydrogens (tertiary/aromatic N) is 3. The fraction of sp³-hybridized carbons (Fsp3) is 0.0833. The van der Waals surface area contributed by atoms with Crippen LogP contribution >= 0.6 is 0 Å². The second kappa shape index (κ2) is 5.78. The molecular weight excluding hydrogens is 248 g/mol. The number of benzene rings is 1. The number of aromatic nitrogens is 2. The highest BCUT2D eigenvalue weighted by Gasteiger charge is 2.11. The van der Waals surface area contributed by atoms with Gasteiger partial charge in [0.1, 0.15) is 5.75 Å². The van der Waals surface area contributed by atoms with Crippen LogP contribution in [0.2, 0.25) is 0 Å². The van der Waals surface area contributed by atoms with Crippen molar-refractivity contribution in [2.24, 2.45) is 10.9 Å². The fourth-order valence-corrected chi connectivity index (χ4v) is 1.42. The van der Waals surface area contributed by atoms with Crippen LogP contribution in [0.1, 0.15) is 11.1 Å². The highest BCUT2D eigenvalue weighted by molar-refractivity contribution is 5.98. The van der Waals surface area contributed by atoms with Gasteiger partial charge in [-0.15, -0.1) is 5.10 Å². The Labute approximate surface area is 109 Å². The van der Waals surface area contributed by atoms with E-state index >= 15 is 0 Å². The number of aliphatic hydroxyl groups excluding tert-OH is 1. The molecule has 0 aliphatic rings. The molecule has 7 heteroatoms. The van der Waals surface area contributed by atoms with Crippen molar-refractivity contribution in [3.05, 3.63) is 47.7 Å². The molecule has 0 radical (unpaired) electrons. The van der Waals surface area contributed by atoms with Gasteiger partial charge in [-0.3, -0.25) is 0 Å². The molecule has 2 rings (SSSR count). The van der Waals surface area contributed by atoms with E-state index < -0.39 is 0 Å². The van der Waals surface area contributed by atoms with Crippen LogP contribution in [0.5, 0.6) is 11.6 Å². The Hall–Kier alpha value is -2.67. The monoisotopic (exact) mass is 260 g/mol. The summed E-state index contributed by atoms with van der Waals surface area (Å²) in [5.74, 6) is 0.524. The number of ether oxygens (including phenoxy) is 1. The number of rotatable bonds is 4. The molecule has 1 aromatic heterocycles. The summed E-state index contributed by atoms with van der Waals surface area (Å²) in [5.41, 5.74) is 6.62. The summed E-state index contributed by atoms with van der Waals surface area (Å²) in [5, 5.41) is 28.0. The molecule has 0 saturated heterocycles. The number of aliphatic hydroxyl groups is 1. The molecule has 2 aromatic rings. The quantitative estimate of drug-likeness (QED) is 0.325. The predicted molar refractivity (Wildman–Crippen MR) is 67.0 cm³/mol. The molecule has 7 nitrogen and oxygen atoms in total. The smallest absolute Gasteiger partial charge is 0.250 e. The molecule has 0 unspecified atom stereocenters. The van der Waals surface area contributed by atoms with E-state index in [0.717, 1.165) is 5.56 Å². The summed E-state index contributed by atoms with van der Waals surface area (Å²) in [4.78, 5) is 0. The number of hydrogen-bond donors (Lipinski definition) is 3. The van der Waals surface area contributed by atoms with E-state index in [-0.39, 0.29) is 18.3 Å². The van der Waals surface area contributed by atoms with Gasteiger partial charge >= 0.3 is 0 Å².